The van der Waals surface area contributed by atoms with Gasteiger partial charge in [-0.25, -0.2) is 13.2 Å². The Bertz CT molecular complexity index is 465. The Hall–Kier alpha value is -0.860. The molecule has 2 aliphatic heterocycles. The lowest BCUT2D eigenvalue weighted by Gasteiger charge is -2.20. The minimum Gasteiger partial charge on any atom is -0.322 e. The Morgan fingerprint density at radius 3 is 2.65 bits per heavy atom. The topological polar surface area (TPSA) is 95.6 Å². The molecule has 96 valence electrons. The maximum absolute atomic E-state index is 11.8. The fourth-order valence-electron chi connectivity index (χ4n) is 2.05. The van der Waals surface area contributed by atoms with Crippen molar-refractivity contribution in [2.75, 3.05) is 24.7 Å². The molecule has 7 nitrogen and oxygen atoms in total. The first kappa shape index (κ1) is 12.6. The molecule has 17 heavy (non-hydrogen) atoms. The summed E-state index contributed by atoms with van der Waals surface area (Å²) in [6, 6.07) is -0.577. The number of amides is 3. The summed E-state index contributed by atoms with van der Waals surface area (Å²) >= 11 is 5.41. The van der Waals surface area contributed by atoms with Crippen LogP contribution >= 0.6 is 11.6 Å². The van der Waals surface area contributed by atoms with Gasteiger partial charge in [-0.1, -0.05) is 0 Å². The van der Waals surface area contributed by atoms with Gasteiger partial charge in [-0.05, 0) is 6.42 Å². The molecular formula is C8H12ClN3O4S. The van der Waals surface area contributed by atoms with Crippen LogP contribution < -0.4 is 10.6 Å². The molecule has 1 atom stereocenters. The average Bonchev–Trinajstić information content (AvgIpc) is 2.73. The molecule has 3 amide bonds. The van der Waals surface area contributed by atoms with E-state index in [0.717, 1.165) is 0 Å². The highest BCUT2D eigenvalue weighted by Crippen LogP contribution is 2.26. The Morgan fingerprint density at radius 2 is 2.12 bits per heavy atom. The van der Waals surface area contributed by atoms with E-state index < -0.39 is 27.5 Å². The van der Waals surface area contributed by atoms with Crippen LogP contribution in [0.3, 0.4) is 0 Å². The van der Waals surface area contributed by atoms with Gasteiger partial charge < -0.3 is 5.32 Å². The van der Waals surface area contributed by atoms with Crippen LogP contribution in [0.4, 0.5) is 4.79 Å². The Labute approximate surface area is 104 Å². The molecule has 0 saturated carbocycles. The van der Waals surface area contributed by atoms with Crippen LogP contribution in [0.25, 0.3) is 0 Å². The fourth-order valence-corrected chi connectivity index (χ4v) is 3.88. The number of hydrogen-bond acceptors (Lipinski definition) is 4. The van der Waals surface area contributed by atoms with Crippen molar-refractivity contribution in [3.8, 4) is 0 Å². The van der Waals surface area contributed by atoms with Gasteiger partial charge in [0.15, 0.2) is 0 Å². The number of carbonyl (C=O) groups excluding carboxylic acids is 2. The molecule has 0 aromatic heterocycles. The van der Waals surface area contributed by atoms with E-state index in [0.29, 0.717) is 0 Å². The molecule has 2 aliphatic rings. The predicted octanol–water partition coefficient (Wildman–Crippen LogP) is -1.16. The molecule has 2 N–H and O–H groups in total. The number of alkyl halides is 1. The van der Waals surface area contributed by atoms with Crippen molar-refractivity contribution in [2.45, 2.75) is 12.0 Å². The average molecular weight is 282 g/mol. The third kappa shape index (κ3) is 2.12. The highest BCUT2D eigenvalue weighted by atomic mass is 35.5. The second-order valence-electron chi connectivity index (χ2n) is 4.08. The van der Waals surface area contributed by atoms with Gasteiger partial charge in [-0.2, -0.15) is 4.31 Å². The number of rotatable bonds is 3. The minimum absolute atomic E-state index is 0.00435. The van der Waals surface area contributed by atoms with Crippen LogP contribution in [0.5, 0.6) is 0 Å². The number of halogens is 1. The lowest BCUT2D eigenvalue weighted by molar-refractivity contribution is -0.123. The maximum Gasteiger partial charge on any atom is 0.322 e. The molecule has 0 radical (unpaired) electrons. The standard InChI is InChI=1S/C8H12ClN3O4S/c9-2-4-17(15,16)12-3-1-8(5-12)6(13)10-7(14)11-8/h1-5H2,(H2,10,11,13,14). The van der Waals surface area contributed by atoms with Gasteiger partial charge in [0.2, 0.25) is 10.0 Å². The molecule has 2 rings (SSSR count). The summed E-state index contributed by atoms with van der Waals surface area (Å²) in [5.41, 5.74) is -1.10. The van der Waals surface area contributed by atoms with Crippen molar-refractivity contribution in [3.63, 3.8) is 0 Å². The minimum atomic E-state index is -3.44. The summed E-state index contributed by atoms with van der Waals surface area (Å²) in [5.74, 6) is -0.629. The van der Waals surface area contributed by atoms with Crippen LogP contribution in [-0.2, 0) is 14.8 Å². The zero-order valence-corrected chi connectivity index (χ0v) is 10.5. The van der Waals surface area contributed by atoms with Crippen LogP contribution in [0.1, 0.15) is 6.42 Å². The van der Waals surface area contributed by atoms with Crippen molar-refractivity contribution in [1.82, 2.24) is 14.9 Å². The van der Waals surface area contributed by atoms with E-state index in [-0.39, 0.29) is 31.1 Å². The highest BCUT2D eigenvalue weighted by Gasteiger charge is 2.52. The van der Waals surface area contributed by atoms with E-state index in [1.807, 2.05) is 0 Å². The van der Waals surface area contributed by atoms with Crippen LogP contribution in [-0.4, -0.2) is 54.9 Å². The smallest absolute Gasteiger partial charge is 0.322 e. The number of hydrogen-bond donors (Lipinski definition) is 2. The lowest BCUT2D eigenvalue weighted by atomic mass is 10.00. The van der Waals surface area contributed by atoms with Gasteiger partial charge in [0.05, 0.1) is 5.75 Å². The number of sulfonamides is 1. The van der Waals surface area contributed by atoms with Crippen LogP contribution in [0, 0.1) is 0 Å². The summed E-state index contributed by atoms with van der Waals surface area (Å²) in [6.45, 7) is 0.191. The summed E-state index contributed by atoms with van der Waals surface area (Å²) in [6.07, 6.45) is 0.284. The molecule has 0 aliphatic carbocycles. The normalized spacial score (nSPS) is 29.7. The Morgan fingerprint density at radius 1 is 1.41 bits per heavy atom. The third-order valence-electron chi connectivity index (χ3n) is 2.98. The number of nitrogens with one attached hydrogen (secondary N) is 2. The molecule has 0 aromatic rings. The Kier molecular flexibility index (Phi) is 3.04. The number of nitrogens with zero attached hydrogens (tertiary/aromatic N) is 1. The molecule has 1 unspecified atom stereocenters. The van der Waals surface area contributed by atoms with Gasteiger partial charge in [-0.3, -0.25) is 10.1 Å². The van der Waals surface area contributed by atoms with Crippen molar-refractivity contribution >= 4 is 33.6 Å². The SMILES string of the molecule is O=C1NC(=O)C2(CCN(S(=O)(=O)CCCl)C2)N1. The predicted molar refractivity (Wildman–Crippen MR) is 60.1 cm³/mol. The number of urea groups is 1. The largest absolute Gasteiger partial charge is 0.322 e. The summed E-state index contributed by atoms with van der Waals surface area (Å²) in [7, 11) is -3.44. The quantitative estimate of drug-likeness (QED) is 0.504. The molecule has 2 heterocycles. The molecular weight excluding hydrogens is 270 g/mol. The highest BCUT2D eigenvalue weighted by molar-refractivity contribution is 7.89. The van der Waals surface area contributed by atoms with E-state index >= 15 is 0 Å². The first-order valence-corrected chi connectivity index (χ1v) is 7.21. The van der Waals surface area contributed by atoms with E-state index in [4.69, 9.17) is 11.6 Å². The fraction of sp³-hybridized carbons (Fsp3) is 0.750. The molecule has 0 aromatic carbocycles. The number of carbonyl (C=O) groups is 2. The number of imide groups is 1. The van der Waals surface area contributed by atoms with Crippen LogP contribution in [0.2, 0.25) is 0 Å². The van der Waals surface area contributed by atoms with E-state index in [1.165, 1.54) is 4.31 Å². The molecule has 0 bridgehead atoms. The van der Waals surface area contributed by atoms with E-state index in [2.05, 4.69) is 10.6 Å². The molecule has 2 saturated heterocycles. The molecule has 9 heteroatoms. The monoisotopic (exact) mass is 281 g/mol. The summed E-state index contributed by atoms with van der Waals surface area (Å²) < 4.78 is 24.7. The first-order valence-electron chi connectivity index (χ1n) is 5.07. The molecule has 2 fully saturated rings. The Balaban J connectivity index is 2.15. The lowest BCUT2D eigenvalue weighted by Crippen LogP contribution is -2.49. The van der Waals surface area contributed by atoms with E-state index in [9.17, 15) is 18.0 Å². The van der Waals surface area contributed by atoms with Gasteiger partial charge in [0.1, 0.15) is 5.54 Å². The van der Waals surface area contributed by atoms with Gasteiger partial charge in [-0.15, -0.1) is 11.6 Å². The van der Waals surface area contributed by atoms with Crippen molar-refractivity contribution in [2.24, 2.45) is 0 Å². The third-order valence-corrected chi connectivity index (χ3v) is 5.21. The second kappa shape index (κ2) is 4.11. The second-order valence-corrected chi connectivity index (χ2v) is 6.55. The van der Waals surface area contributed by atoms with Crippen molar-refractivity contribution in [1.29, 1.82) is 0 Å². The maximum atomic E-state index is 11.8. The van der Waals surface area contributed by atoms with Crippen molar-refractivity contribution in [3.05, 3.63) is 0 Å². The summed E-state index contributed by atoms with van der Waals surface area (Å²) in [5, 5.41) is 4.60. The molecule has 1 spiro atoms. The van der Waals surface area contributed by atoms with Gasteiger partial charge in [0, 0.05) is 19.0 Å². The van der Waals surface area contributed by atoms with E-state index in [1.54, 1.807) is 0 Å². The zero-order chi connectivity index (χ0) is 12.7. The zero-order valence-electron chi connectivity index (χ0n) is 8.90. The van der Waals surface area contributed by atoms with Gasteiger partial charge >= 0.3 is 6.03 Å². The summed E-state index contributed by atoms with van der Waals surface area (Å²) in [4.78, 5) is 22.7. The van der Waals surface area contributed by atoms with Gasteiger partial charge in [0.25, 0.3) is 5.91 Å². The first-order chi connectivity index (χ1) is 7.89. The van der Waals surface area contributed by atoms with Crippen molar-refractivity contribution < 1.29 is 18.0 Å². The van der Waals surface area contributed by atoms with Crippen LogP contribution in [0.15, 0.2) is 0 Å².